The van der Waals surface area contributed by atoms with E-state index in [1.807, 2.05) is 0 Å². The van der Waals surface area contributed by atoms with E-state index in [1.165, 1.54) is 42.5 Å². The van der Waals surface area contributed by atoms with Gasteiger partial charge in [-0.05, 0) is 36.2 Å². The summed E-state index contributed by atoms with van der Waals surface area (Å²) in [6.07, 6.45) is 0.510. The molecule has 1 aromatic carbocycles. The highest BCUT2D eigenvalue weighted by Gasteiger charge is 2.28. The van der Waals surface area contributed by atoms with Crippen LogP contribution < -0.4 is 11.1 Å². The lowest BCUT2D eigenvalue weighted by molar-refractivity contribution is -0.129. The van der Waals surface area contributed by atoms with Gasteiger partial charge < -0.3 is 16.0 Å². The Balaban J connectivity index is 1.91. The Morgan fingerprint density at radius 3 is 2.52 bits per heavy atom. The molecule has 0 saturated heterocycles. The summed E-state index contributed by atoms with van der Waals surface area (Å²) >= 11 is 1.24. The Morgan fingerprint density at radius 1 is 1.24 bits per heavy atom. The smallest absolute Gasteiger partial charge is 0.256 e. The second-order valence-electron chi connectivity index (χ2n) is 5.72. The Morgan fingerprint density at radius 2 is 1.92 bits per heavy atom. The van der Waals surface area contributed by atoms with Crippen molar-refractivity contribution in [3.05, 3.63) is 51.7 Å². The quantitative estimate of drug-likeness (QED) is 0.877. The van der Waals surface area contributed by atoms with Gasteiger partial charge in [-0.25, -0.2) is 4.39 Å². The molecule has 1 aliphatic rings. The number of nitrogens with zero attached hydrogens (tertiary/aromatic N) is 1. The molecule has 3 rings (SSSR count). The average Bonchev–Trinajstić information content (AvgIpc) is 2.92. The highest BCUT2D eigenvalue weighted by molar-refractivity contribution is 7.17. The van der Waals surface area contributed by atoms with E-state index in [-0.39, 0.29) is 11.5 Å². The van der Waals surface area contributed by atoms with E-state index in [1.54, 1.807) is 4.90 Å². The lowest BCUT2D eigenvalue weighted by atomic mass is 10.0. The molecule has 130 valence electrons. The molecule has 0 aliphatic carbocycles. The van der Waals surface area contributed by atoms with Crippen molar-refractivity contribution in [2.45, 2.75) is 19.9 Å². The first kappa shape index (κ1) is 17.1. The zero-order valence-corrected chi connectivity index (χ0v) is 14.3. The average molecular weight is 361 g/mol. The number of carbonyl (C=O) groups is 3. The van der Waals surface area contributed by atoms with E-state index in [0.29, 0.717) is 30.1 Å². The minimum Gasteiger partial charge on any atom is -0.365 e. The normalized spacial score (nSPS) is 13.3. The van der Waals surface area contributed by atoms with Crippen molar-refractivity contribution in [2.75, 3.05) is 11.9 Å². The number of nitrogens with one attached hydrogen (secondary N) is 1. The summed E-state index contributed by atoms with van der Waals surface area (Å²) in [4.78, 5) is 38.3. The molecule has 0 atom stereocenters. The number of thiophene rings is 1. The van der Waals surface area contributed by atoms with Crippen LogP contribution in [0.15, 0.2) is 24.3 Å². The third-order valence-corrected chi connectivity index (χ3v) is 5.21. The number of hydrogen-bond donors (Lipinski definition) is 2. The fourth-order valence-corrected chi connectivity index (χ4v) is 4.06. The predicted octanol–water partition coefficient (Wildman–Crippen LogP) is 2.14. The van der Waals surface area contributed by atoms with Crippen molar-refractivity contribution < 1.29 is 18.8 Å². The van der Waals surface area contributed by atoms with Gasteiger partial charge in [0, 0.05) is 23.9 Å². The molecule has 8 heteroatoms. The SMILES string of the molecule is CC(=O)N1CCc2c(sc(NC(=O)c3ccc(F)cc3)c2C(N)=O)C1. The monoisotopic (exact) mass is 361 g/mol. The summed E-state index contributed by atoms with van der Waals surface area (Å²) in [6, 6.07) is 5.10. The minimum absolute atomic E-state index is 0.0448. The Kier molecular flexibility index (Phi) is 4.54. The molecule has 0 saturated carbocycles. The molecule has 0 fully saturated rings. The van der Waals surface area contributed by atoms with Gasteiger partial charge in [-0.15, -0.1) is 11.3 Å². The third kappa shape index (κ3) is 3.39. The number of benzene rings is 1. The van der Waals surface area contributed by atoms with Crippen LogP contribution in [-0.2, 0) is 17.8 Å². The molecule has 2 heterocycles. The molecule has 6 nitrogen and oxygen atoms in total. The topological polar surface area (TPSA) is 92.5 Å². The van der Waals surface area contributed by atoms with Crippen LogP contribution in [0.3, 0.4) is 0 Å². The number of carbonyl (C=O) groups excluding carboxylic acids is 3. The lowest BCUT2D eigenvalue weighted by Gasteiger charge is -2.25. The fourth-order valence-electron chi connectivity index (χ4n) is 2.80. The molecular weight excluding hydrogens is 345 g/mol. The number of nitrogens with two attached hydrogens (primary N) is 1. The first-order valence-electron chi connectivity index (χ1n) is 7.63. The number of rotatable bonds is 3. The number of fused-ring (bicyclic) bond motifs is 1. The standard InChI is InChI=1S/C17H16FN3O3S/c1-9(22)21-7-6-12-13(8-21)25-17(14(12)15(19)23)20-16(24)10-2-4-11(18)5-3-10/h2-5H,6-8H2,1H3,(H2,19,23)(H,20,24). The van der Waals surface area contributed by atoms with Crippen molar-refractivity contribution >= 4 is 34.1 Å². The molecule has 1 aliphatic heterocycles. The molecular formula is C17H16FN3O3S. The summed E-state index contributed by atoms with van der Waals surface area (Å²) in [5.74, 6) is -1.56. The Hall–Kier alpha value is -2.74. The Labute approximate surface area is 147 Å². The van der Waals surface area contributed by atoms with E-state index in [2.05, 4.69) is 5.32 Å². The largest absolute Gasteiger partial charge is 0.365 e. The van der Waals surface area contributed by atoms with Crippen LogP contribution in [0.2, 0.25) is 0 Å². The van der Waals surface area contributed by atoms with E-state index < -0.39 is 17.6 Å². The van der Waals surface area contributed by atoms with Crippen LogP contribution in [0, 0.1) is 5.82 Å². The Bertz CT molecular complexity index is 861. The maximum absolute atomic E-state index is 13.0. The van der Waals surface area contributed by atoms with E-state index in [9.17, 15) is 18.8 Å². The molecule has 0 bridgehead atoms. The summed E-state index contributed by atoms with van der Waals surface area (Å²) < 4.78 is 13.0. The first-order chi connectivity index (χ1) is 11.9. The van der Waals surface area contributed by atoms with Crippen molar-refractivity contribution in [2.24, 2.45) is 5.73 Å². The predicted molar refractivity (Wildman–Crippen MR) is 92.0 cm³/mol. The van der Waals surface area contributed by atoms with Crippen molar-refractivity contribution in [1.82, 2.24) is 4.90 Å². The molecule has 0 unspecified atom stereocenters. The van der Waals surface area contributed by atoms with Crippen molar-refractivity contribution in [3.8, 4) is 0 Å². The van der Waals surface area contributed by atoms with Gasteiger partial charge in [0.1, 0.15) is 10.8 Å². The lowest BCUT2D eigenvalue weighted by Crippen LogP contribution is -2.34. The zero-order chi connectivity index (χ0) is 18.1. The maximum atomic E-state index is 13.0. The van der Waals surface area contributed by atoms with Crippen molar-refractivity contribution in [1.29, 1.82) is 0 Å². The van der Waals surface area contributed by atoms with Crippen molar-refractivity contribution in [3.63, 3.8) is 0 Å². The second-order valence-corrected chi connectivity index (χ2v) is 6.83. The summed E-state index contributed by atoms with van der Waals surface area (Å²) in [5, 5.41) is 3.04. The number of amides is 3. The van der Waals surface area contributed by atoms with E-state index in [4.69, 9.17) is 5.73 Å². The molecule has 1 aromatic heterocycles. The zero-order valence-electron chi connectivity index (χ0n) is 13.5. The summed E-state index contributed by atoms with van der Waals surface area (Å²) in [5.41, 5.74) is 6.84. The van der Waals surface area contributed by atoms with Gasteiger partial charge in [0.05, 0.1) is 12.1 Å². The van der Waals surface area contributed by atoms with Crippen LogP contribution in [-0.4, -0.2) is 29.2 Å². The van der Waals surface area contributed by atoms with Gasteiger partial charge in [-0.1, -0.05) is 0 Å². The summed E-state index contributed by atoms with van der Waals surface area (Å²) in [6.45, 7) is 2.39. The molecule has 2 aromatic rings. The minimum atomic E-state index is -0.622. The van der Waals surface area contributed by atoms with Crippen LogP contribution in [0.1, 0.15) is 38.1 Å². The number of primary amides is 1. The molecule has 3 amide bonds. The highest BCUT2D eigenvalue weighted by atomic mass is 32.1. The first-order valence-corrected chi connectivity index (χ1v) is 8.45. The van der Waals surface area contributed by atoms with Gasteiger partial charge in [0.2, 0.25) is 5.91 Å². The number of halogens is 1. The van der Waals surface area contributed by atoms with Crippen LogP contribution in [0.5, 0.6) is 0 Å². The summed E-state index contributed by atoms with van der Waals surface area (Å²) in [7, 11) is 0. The fraction of sp³-hybridized carbons (Fsp3) is 0.235. The van der Waals surface area contributed by atoms with Crippen LogP contribution in [0.4, 0.5) is 9.39 Å². The van der Waals surface area contributed by atoms with E-state index in [0.717, 1.165) is 10.4 Å². The third-order valence-electron chi connectivity index (χ3n) is 4.08. The molecule has 25 heavy (non-hydrogen) atoms. The molecule has 3 N–H and O–H groups in total. The molecule has 0 radical (unpaired) electrons. The van der Waals surface area contributed by atoms with Gasteiger partial charge >= 0.3 is 0 Å². The van der Waals surface area contributed by atoms with Crippen LogP contribution in [0.25, 0.3) is 0 Å². The number of anilines is 1. The van der Waals surface area contributed by atoms with Gasteiger partial charge in [-0.2, -0.15) is 0 Å². The highest BCUT2D eigenvalue weighted by Crippen LogP contribution is 2.37. The van der Waals surface area contributed by atoms with Gasteiger partial charge in [0.15, 0.2) is 0 Å². The molecule has 0 spiro atoms. The second kappa shape index (κ2) is 6.64. The van der Waals surface area contributed by atoms with Crippen LogP contribution >= 0.6 is 11.3 Å². The number of hydrogen-bond acceptors (Lipinski definition) is 4. The van der Waals surface area contributed by atoms with Gasteiger partial charge in [0.25, 0.3) is 11.8 Å². The van der Waals surface area contributed by atoms with E-state index >= 15 is 0 Å². The maximum Gasteiger partial charge on any atom is 0.256 e. The van der Waals surface area contributed by atoms with Gasteiger partial charge in [-0.3, -0.25) is 14.4 Å².